The van der Waals surface area contributed by atoms with Crippen molar-refractivity contribution in [1.82, 2.24) is 0 Å². The second-order valence-corrected chi connectivity index (χ2v) is 1.86. The van der Waals surface area contributed by atoms with E-state index in [-0.39, 0.29) is 11.5 Å². The Hall–Kier alpha value is -1.38. The van der Waals surface area contributed by atoms with E-state index in [1.807, 2.05) is 0 Å². The topological polar surface area (TPSA) is 50.2 Å². The first-order valence-corrected chi connectivity index (χ1v) is 2.80. The molecule has 0 spiro atoms. The van der Waals surface area contributed by atoms with Crippen molar-refractivity contribution in [2.75, 3.05) is 7.11 Å². The minimum atomic E-state index is -0.132. The smallest absolute Gasteiger partial charge is 0.182 e. The van der Waals surface area contributed by atoms with Crippen LogP contribution in [0.5, 0.6) is 0 Å². The average Bonchev–Trinajstić information content (AvgIpc) is 1.94. The van der Waals surface area contributed by atoms with Gasteiger partial charge in [-0.1, -0.05) is 0 Å². The zero-order chi connectivity index (χ0) is 7.56. The van der Waals surface area contributed by atoms with Crippen molar-refractivity contribution < 1.29 is 9.53 Å². The van der Waals surface area contributed by atoms with Gasteiger partial charge in [-0.15, -0.1) is 0 Å². The van der Waals surface area contributed by atoms with Crippen LogP contribution in [0.15, 0.2) is 24.0 Å². The van der Waals surface area contributed by atoms with Crippen LogP contribution in [0.2, 0.25) is 0 Å². The largest absolute Gasteiger partial charge is 0.494 e. The molecule has 0 fully saturated rings. The Kier molecular flexibility index (Phi) is 1.67. The van der Waals surface area contributed by atoms with Gasteiger partial charge >= 0.3 is 0 Å². The van der Waals surface area contributed by atoms with E-state index in [1.54, 1.807) is 0 Å². The van der Waals surface area contributed by atoms with Crippen molar-refractivity contribution in [2.24, 2.45) is 0 Å². The van der Waals surface area contributed by atoms with Crippen LogP contribution in [0.25, 0.3) is 0 Å². The molecule has 0 saturated carbocycles. The van der Waals surface area contributed by atoms with Gasteiger partial charge in [0.1, 0.15) is 5.76 Å². The van der Waals surface area contributed by atoms with Crippen molar-refractivity contribution >= 4 is 11.5 Å². The summed E-state index contributed by atoms with van der Waals surface area (Å²) in [6.07, 6.45) is 4.05. The lowest BCUT2D eigenvalue weighted by atomic mass is 10.1. The minimum Gasteiger partial charge on any atom is -0.494 e. The standard InChI is InChI=1S/C7H7NO2/c1-10-7-4-5(9)2-3-6(7)8/h2-4,8H,1H3. The van der Waals surface area contributed by atoms with E-state index in [2.05, 4.69) is 0 Å². The lowest BCUT2D eigenvalue weighted by Crippen LogP contribution is -2.07. The van der Waals surface area contributed by atoms with E-state index < -0.39 is 0 Å². The lowest BCUT2D eigenvalue weighted by molar-refractivity contribution is -0.110. The molecule has 0 aromatic rings. The van der Waals surface area contributed by atoms with E-state index >= 15 is 0 Å². The van der Waals surface area contributed by atoms with Crippen LogP contribution in [0.3, 0.4) is 0 Å². The van der Waals surface area contributed by atoms with Gasteiger partial charge in [0.25, 0.3) is 0 Å². The zero-order valence-corrected chi connectivity index (χ0v) is 5.55. The van der Waals surface area contributed by atoms with E-state index in [4.69, 9.17) is 10.1 Å². The SMILES string of the molecule is COC1=CC(=O)C=CC1=N. The predicted molar refractivity (Wildman–Crippen MR) is 37.0 cm³/mol. The van der Waals surface area contributed by atoms with Crippen molar-refractivity contribution in [3.63, 3.8) is 0 Å². The van der Waals surface area contributed by atoms with Gasteiger partial charge in [0.05, 0.1) is 12.8 Å². The van der Waals surface area contributed by atoms with Crippen LogP contribution in [0.4, 0.5) is 0 Å². The van der Waals surface area contributed by atoms with Crippen LogP contribution in [-0.4, -0.2) is 18.6 Å². The number of hydrogen-bond donors (Lipinski definition) is 1. The van der Waals surface area contributed by atoms with E-state index in [0.717, 1.165) is 0 Å². The fourth-order valence-electron chi connectivity index (χ4n) is 0.672. The Morgan fingerprint density at radius 1 is 1.50 bits per heavy atom. The monoisotopic (exact) mass is 137 g/mol. The number of nitrogens with one attached hydrogen (secondary N) is 1. The van der Waals surface area contributed by atoms with Crippen LogP contribution in [-0.2, 0) is 9.53 Å². The number of allylic oxidation sites excluding steroid dienone is 3. The average molecular weight is 137 g/mol. The number of ketones is 1. The highest BCUT2D eigenvalue weighted by Gasteiger charge is 2.08. The van der Waals surface area contributed by atoms with Gasteiger partial charge in [0.2, 0.25) is 0 Å². The molecule has 0 aromatic heterocycles. The molecule has 0 heterocycles. The van der Waals surface area contributed by atoms with Gasteiger partial charge in [-0.3, -0.25) is 10.2 Å². The summed E-state index contributed by atoms with van der Waals surface area (Å²) in [5.41, 5.74) is 0.238. The Balaban J connectivity index is 2.89. The minimum absolute atomic E-state index is 0.132. The van der Waals surface area contributed by atoms with E-state index in [0.29, 0.717) is 5.76 Å². The van der Waals surface area contributed by atoms with E-state index in [9.17, 15) is 4.79 Å². The second kappa shape index (κ2) is 2.47. The third-order valence-electron chi connectivity index (χ3n) is 1.17. The molecule has 1 aliphatic carbocycles. The normalized spacial score (nSPS) is 17.1. The third-order valence-corrected chi connectivity index (χ3v) is 1.17. The summed E-state index contributed by atoms with van der Waals surface area (Å²) < 4.78 is 4.74. The third kappa shape index (κ3) is 1.13. The molecule has 10 heavy (non-hydrogen) atoms. The van der Waals surface area contributed by atoms with Crippen molar-refractivity contribution in [2.45, 2.75) is 0 Å². The van der Waals surface area contributed by atoms with Crippen LogP contribution < -0.4 is 0 Å². The molecule has 0 saturated heterocycles. The molecule has 0 atom stereocenters. The molecule has 0 radical (unpaired) electrons. The molecular formula is C7H7NO2. The molecular weight excluding hydrogens is 130 g/mol. The van der Waals surface area contributed by atoms with E-state index in [1.165, 1.54) is 25.3 Å². The summed E-state index contributed by atoms with van der Waals surface area (Å²) in [7, 11) is 1.44. The highest BCUT2D eigenvalue weighted by molar-refractivity contribution is 6.17. The maximum atomic E-state index is 10.6. The Labute approximate surface area is 58.5 Å². The van der Waals surface area contributed by atoms with Gasteiger partial charge in [0, 0.05) is 6.08 Å². The van der Waals surface area contributed by atoms with Crippen LogP contribution in [0, 0.1) is 5.41 Å². The fourth-order valence-corrected chi connectivity index (χ4v) is 0.672. The number of rotatable bonds is 1. The number of hydrogen-bond acceptors (Lipinski definition) is 3. The maximum absolute atomic E-state index is 10.6. The first-order chi connectivity index (χ1) is 4.74. The summed E-state index contributed by atoms with van der Waals surface area (Å²) in [5.74, 6) is 0.195. The molecule has 52 valence electrons. The van der Waals surface area contributed by atoms with Gasteiger partial charge < -0.3 is 4.74 Å². The molecule has 1 rings (SSSR count). The summed E-state index contributed by atoms with van der Waals surface area (Å²) in [5, 5.41) is 7.20. The summed E-state index contributed by atoms with van der Waals surface area (Å²) in [4.78, 5) is 10.6. The van der Waals surface area contributed by atoms with Crippen LogP contribution in [0.1, 0.15) is 0 Å². The molecule has 1 aliphatic rings. The van der Waals surface area contributed by atoms with Gasteiger partial charge in [0.15, 0.2) is 5.78 Å². The molecule has 3 nitrogen and oxygen atoms in total. The predicted octanol–water partition coefficient (Wildman–Crippen LogP) is 0.675. The highest BCUT2D eigenvalue weighted by atomic mass is 16.5. The quantitative estimate of drug-likeness (QED) is 0.540. The zero-order valence-electron chi connectivity index (χ0n) is 5.55. The highest BCUT2D eigenvalue weighted by Crippen LogP contribution is 2.04. The number of ether oxygens (including phenoxy) is 1. The van der Waals surface area contributed by atoms with Crippen molar-refractivity contribution in [1.29, 1.82) is 5.41 Å². The molecule has 0 unspecified atom stereocenters. The molecule has 1 N–H and O–H groups in total. The van der Waals surface area contributed by atoms with Gasteiger partial charge in [-0.05, 0) is 12.2 Å². The summed E-state index contributed by atoms with van der Waals surface area (Å²) in [6.45, 7) is 0. The maximum Gasteiger partial charge on any atom is 0.182 e. The number of carbonyl (C=O) groups is 1. The first-order valence-electron chi connectivity index (χ1n) is 2.80. The Bertz CT molecular complexity index is 238. The van der Waals surface area contributed by atoms with Gasteiger partial charge in [-0.25, -0.2) is 0 Å². The first kappa shape index (κ1) is 6.74. The fraction of sp³-hybridized carbons (Fsp3) is 0.143. The summed E-state index contributed by atoms with van der Waals surface area (Å²) in [6, 6.07) is 0. The van der Waals surface area contributed by atoms with Crippen molar-refractivity contribution in [3.8, 4) is 0 Å². The second-order valence-electron chi connectivity index (χ2n) is 1.86. The summed E-state index contributed by atoms with van der Waals surface area (Å²) >= 11 is 0. The number of methoxy groups -OCH3 is 1. The van der Waals surface area contributed by atoms with Crippen molar-refractivity contribution in [3.05, 3.63) is 24.0 Å². The molecule has 0 aliphatic heterocycles. The molecule has 0 amide bonds. The number of carbonyl (C=O) groups excluding carboxylic acids is 1. The molecule has 3 heteroatoms. The van der Waals surface area contributed by atoms with Gasteiger partial charge in [-0.2, -0.15) is 0 Å². The molecule has 0 bridgehead atoms. The Morgan fingerprint density at radius 2 is 2.20 bits per heavy atom. The van der Waals surface area contributed by atoms with Crippen LogP contribution >= 0.6 is 0 Å². The lowest BCUT2D eigenvalue weighted by Gasteiger charge is -2.05. The molecule has 0 aromatic carbocycles. The Morgan fingerprint density at radius 3 is 2.70 bits per heavy atom.